The summed E-state index contributed by atoms with van der Waals surface area (Å²) in [4.78, 5) is 0.236. The zero-order chi connectivity index (χ0) is 20.4. The second-order valence-corrected chi connectivity index (χ2v) is 8.79. The van der Waals surface area contributed by atoms with Crippen molar-refractivity contribution in [3.05, 3.63) is 95.6 Å². The van der Waals surface area contributed by atoms with Crippen molar-refractivity contribution in [2.24, 2.45) is 5.10 Å². The fourth-order valence-corrected chi connectivity index (χ4v) is 4.84. The van der Waals surface area contributed by atoms with Gasteiger partial charge in [0.1, 0.15) is 5.75 Å². The Balaban J connectivity index is 1.78. The smallest absolute Gasteiger partial charge is 0.279 e. The maximum atomic E-state index is 13.4. The number of methoxy groups -OCH3 is 1. The van der Waals surface area contributed by atoms with Gasteiger partial charge in [-0.2, -0.15) is 17.9 Å². The van der Waals surface area contributed by atoms with Gasteiger partial charge in [-0.3, -0.25) is 0 Å². The lowest BCUT2D eigenvalue weighted by Crippen LogP contribution is -2.27. The largest absolute Gasteiger partial charge is 0.497 e. The first-order valence-electron chi connectivity index (χ1n) is 9.37. The fraction of sp³-hybridized carbons (Fsp3) is 0.174. The molecule has 3 aromatic rings. The molecule has 6 heteroatoms. The van der Waals surface area contributed by atoms with Crippen molar-refractivity contribution < 1.29 is 13.2 Å². The first-order chi connectivity index (χ1) is 14.0. The molecule has 0 bridgehead atoms. The van der Waals surface area contributed by atoms with E-state index in [0.717, 1.165) is 28.2 Å². The Morgan fingerprint density at radius 3 is 2.21 bits per heavy atom. The molecule has 0 saturated carbocycles. The quantitative estimate of drug-likeness (QED) is 0.625. The molecule has 4 rings (SSSR count). The van der Waals surface area contributed by atoms with E-state index in [0.29, 0.717) is 6.42 Å². The Kier molecular flexibility index (Phi) is 5.11. The number of nitrogens with zero attached hydrogens (tertiary/aromatic N) is 2. The van der Waals surface area contributed by atoms with Gasteiger partial charge < -0.3 is 4.74 Å². The maximum Gasteiger partial charge on any atom is 0.279 e. The van der Waals surface area contributed by atoms with Crippen LogP contribution >= 0.6 is 0 Å². The summed E-state index contributed by atoms with van der Waals surface area (Å²) in [6.07, 6.45) is 0.501. The Hall–Kier alpha value is -3.12. The first-order valence-corrected chi connectivity index (χ1v) is 10.8. The van der Waals surface area contributed by atoms with Crippen molar-refractivity contribution in [2.75, 3.05) is 7.11 Å². The molecule has 0 amide bonds. The molecule has 1 unspecified atom stereocenters. The van der Waals surface area contributed by atoms with Crippen LogP contribution in [-0.4, -0.2) is 25.7 Å². The van der Waals surface area contributed by atoms with Gasteiger partial charge in [0.25, 0.3) is 10.0 Å². The standard InChI is InChI=1S/C23H22N2O3S/c1-17-8-14-21(15-9-17)29(26,27)25-23(19-10-12-20(28-2)13-11-19)16-22(24-25)18-6-4-3-5-7-18/h3-15,23H,16H2,1-2H3. The average molecular weight is 407 g/mol. The highest BCUT2D eigenvalue weighted by atomic mass is 32.2. The molecule has 148 valence electrons. The lowest BCUT2D eigenvalue weighted by Gasteiger charge is -2.23. The van der Waals surface area contributed by atoms with Crippen molar-refractivity contribution >= 4 is 15.7 Å². The molecular formula is C23H22N2O3S. The minimum atomic E-state index is -3.79. The van der Waals surface area contributed by atoms with Crippen LogP contribution < -0.4 is 4.74 Å². The molecular weight excluding hydrogens is 384 g/mol. The zero-order valence-electron chi connectivity index (χ0n) is 16.3. The predicted molar refractivity (Wildman–Crippen MR) is 114 cm³/mol. The summed E-state index contributed by atoms with van der Waals surface area (Å²) in [6.45, 7) is 1.93. The van der Waals surface area contributed by atoms with Gasteiger partial charge in [0.15, 0.2) is 0 Å². The van der Waals surface area contributed by atoms with Crippen LogP contribution in [0.15, 0.2) is 88.9 Å². The van der Waals surface area contributed by atoms with Crippen LogP contribution in [0.5, 0.6) is 5.75 Å². The van der Waals surface area contributed by atoms with Crippen molar-refractivity contribution in [3.63, 3.8) is 0 Å². The number of hydrogen-bond acceptors (Lipinski definition) is 4. The SMILES string of the molecule is COc1ccc(C2CC(c3ccccc3)=NN2S(=O)(=O)c2ccc(C)cc2)cc1. The Bertz CT molecular complexity index is 1120. The molecule has 0 radical (unpaired) electrons. The van der Waals surface area contributed by atoms with Crippen molar-refractivity contribution in [3.8, 4) is 5.75 Å². The zero-order valence-corrected chi connectivity index (χ0v) is 17.1. The molecule has 0 aromatic heterocycles. The minimum absolute atomic E-state index is 0.236. The second kappa shape index (κ2) is 7.72. The van der Waals surface area contributed by atoms with Crippen LogP contribution in [0.2, 0.25) is 0 Å². The summed E-state index contributed by atoms with van der Waals surface area (Å²) in [5.74, 6) is 0.726. The number of hydrogen-bond donors (Lipinski definition) is 0. The highest BCUT2D eigenvalue weighted by molar-refractivity contribution is 7.89. The lowest BCUT2D eigenvalue weighted by molar-refractivity contribution is 0.370. The molecule has 1 heterocycles. The summed E-state index contributed by atoms with van der Waals surface area (Å²) in [6, 6.07) is 23.6. The first kappa shape index (κ1) is 19.2. The summed E-state index contributed by atoms with van der Waals surface area (Å²) in [5.41, 5.74) is 3.55. The van der Waals surface area contributed by atoms with Gasteiger partial charge in [-0.25, -0.2) is 0 Å². The molecule has 0 spiro atoms. The fourth-order valence-electron chi connectivity index (χ4n) is 3.41. The van der Waals surface area contributed by atoms with E-state index in [1.807, 2.05) is 61.5 Å². The number of sulfonamides is 1. The van der Waals surface area contributed by atoms with E-state index in [4.69, 9.17) is 4.74 Å². The average Bonchev–Trinajstić information content (AvgIpc) is 3.21. The predicted octanol–water partition coefficient (Wildman–Crippen LogP) is 4.54. The Labute approximate surface area is 171 Å². The number of hydrazone groups is 1. The van der Waals surface area contributed by atoms with Gasteiger partial charge in [-0.05, 0) is 42.3 Å². The van der Waals surface area contributed by atoms with Crippen LogP contribution in [0, 0.1) is 6.92 Å². The van der Waals surface area contributed by atoms with Gasteiger partial charge in [0.05, 0.1) is 23.8 Å². The third-order valence-corrected chi connectivity index (χ3v) is 6.74. The summed E-state index contributed by atoms with van der Waals surface area (Å²) >= 11 is 0. The van der Waals surface area contributed by atoms with E-state index in [1.165, 1.54) is 4.41 Å². The number of ether oxygens (including phenoxy) is 1. The van der Waals surface area contributed by atoms with Crippen LogP contribution in [0.1, 0.15) is 29.2 Å². The topological polar surface area (TPSA) is 59.0 Å². The normalized spacial score (nSPS) is 16.6. The summed E-state index contributed by atoms with van der Waals surface area (Å²) in [5, 5.41) is 4.56. The van der Waals surface area contributed by atoms with Crippen LogP contribution in [0.25, 0.3) is 0 Å². The Morgan fingerprint density at radius 2 is 1.59 bits per heavy atom. The van der Waals surface area contributed by atoms with E-state index in [2.05, 4.69) is 5.10 Å². The molecule has 1 aliphatic heterocycles. The third-order valence-electron chi connectivity index (χ3n) is 5.05. The molecule has 29 heavy (non-hydrogen) atoms. The van der Waals surface area contributed by atoms with Gasteiger partial charge in [-0.1, -0.05) is 60.2 Å². The van der Waals surface area contributed by atoms with Gasteiger partial charge in [0, 0.05) is 6.42 Å². The number of aryl methyl sites for hydroxylation is 1. The van der Waals surface area contributed by atoms with Crippen molar-refractivity contribution in [2.45, 2.75) is 24.3 Å². The van der Waals surface area contributed by atoms with Gasteiger partial charge in [0.2, 0.25) is 0 Å². The number of rotatable bonds is 5. The van der Waals surface area contributed by atoms with Crippen LogP contribution in [-0.2, 0) is 10.0 Å². The molecule has 5 nitrogen and oxygen atoms in total. The molecule has 1 aliphatic rings. The van der Waals surface area contributed by atoms with E-state index < -0.39 is 16.1 Å². The van der Waals surface area contributed by atoms with E-state index in [9.17, 15) is 8.42 Å². The highest BCUT2D eigenvalue weighted by Gasteiger charge is 2.37. The van der Waals surface area contributed by atoms with E-state index >= 15 is 0 Å². The monoisotopic (exact) mass is 406 g/mol. The summed E-state index contributed by atoms with van der Waals surface area (Å²) in [7, 11) is -2.19. The highest BCUT2D eigenvalue weighted by Crippen LogP contribution is 2.37. The minimum Gasteiger partial charge on any atom is -0.497 e. The molecule has 0 aliphatic carbocycles. The lowest BCUT2D eigenvalue weighted by atomic mass is 9.99. The van der Waals surface area contributed by atoms with Crippen molar-refractivity contribution in [1.82, 2.24) is 4.41 Å². The van der Waals surface area contributed by atoms with Crippen molar-refractivity contribution in [1.29, 1.82) is 0 Å². The van der Waals surface area contributed by atoms with E-state index in [1.54, 1.807) is 31.4 Å². The van der Waals surface area contributed by atoms with Crippen LogP contribution in [0.4, 0.5) is 0 Å². The third kappa shape index (κ3) is 3.76. The molecule has 0 fully saturated rings. The van der Waals surface area contributed by atoms with Gasteiger partial charge >= 0.3 is 0 Å². The molecule has 3 aromatic carbocycles. The van der Waals surface area contributed by atoms with Gasteiger partial charge in [-0.15, -0.1) is 0 Å². The molecule has 0 saturated heterocycles. The Morgan fingerprint density at radius 1 is 0.931 bits per heavy atom. The molecule has 0 N–H and O–H groups in total. The summed E-state index contributed by atoms with van der Waals surface area (Å²) < 4.78 is 33.3. The molecule has 1 atom stereocenters. The number of benzene rings is 3. The van der Waals surface area contributed by atoms with Crippen LogP contribution in [0.3, 0.4) is 0 Å². The second-order valence-electron chi connectivity index (χ2n) is 7.00. The van der Waals surface area contributed by atoms with E-state index in [-0.39, 0.29) is 4.90 Å². The maximum absolute atomic E-state index is 13.4.